The van der Waals surface area contributed by atoms with Gasteiger partial charge >= 0.3 is 0 Å². The van der Waals surface area contributed by atoms with Crippen LogP contribution in [-0.4, -0.2) is 20.3 Å². The number of pyridine rings is 1. The third-order valence-electron chi connectivity index (χ3n) is 5.47. The fourth-order valence-corrected chi connectivity index (χ4v) is 3.95. The number of ketones is 1. The van der Waals surface area contributed by atoms with E-state index in [0.29, 0.717) is 12.1 Å². The molecule has 0 amide bonds. The second-order valence-corrected chi connectivity index (χ2v) is 7.70. The van der Waals surface area contributed by atoms with E-state index >= 15 is 0 Å². The summed E-state index contributed by atoms with van der Waals surface area (Å²) in [6.07, 6.45) is 2.75. The van der Waals surface area contributed by atoms with E-state index in [1.807, 2.05) is 31.2 Å². The number of nitrogens with zero attached hydrogens (tertiary/aromatic N) is 1. The minimum absolute atomic E-state index is 0.0743. The molecule has 32 heavy (non-hydrogen) atoms. The van der Waals surface area contributed by atoms with Gasteiger partial charge in [-0.1, -0.05) is 11.6 Å². The zero-order valence-corrected chi connectivity index (χ0v) is 16.8. The summed E-state index contributed by atoms with van der Waals surface area (Å²) in [4.78, 5) is 31.7. The average molecular weight is 435 g/mol. The highest BCUT2D eigenvalue weighted by atomic mass is 19.1. The van der Waals surface area contributed by atoms with Crippen LogP contribution in [0.2, 0.25) is 0 Å². The van der Waals surface area contributed by atoms with Crippen LogP contribution in [0.3, 0.4) is 0 Å². The number of carbonyl (C=O) groups excluding carboxylic acids is 1. The summed E-state index contributed by atoms with van der Waals surface area (Å²) in [6.45, 7) is 2.27. The molecule has 0 saturated heterocycles. The minimum Gasteiger partial charge on any atom is -0.357 e. The molecule has 0 radical (unpaired) electrons. The van der Waals surface area contributed by atoms with Crippen LogP contribution in [0.1, 0.15) is 27.2 Å². The highest BCUT2D eigenvalue weighted by Crippen LogP contribution is 2.24. The van der Waals surface area contributed by atoms with Crippen molar-refractivity contribution in [3.8, 4) is 0 Å². The van der Waals surface area contributed by atoms with Crippen LogP contribution in [-0.2, 0) is 6.54 Å². The normalized spacial score (nSPS) is 11.5. The van der Waals surface area contributed by atoms with Crippen LogP contribution < -0.4 is 5.56 Å². The van der Waals surface area contributed by atoms with Crippen molar-refractivity contribution in [1.82, 2.24) is 14.5 Å². The lowest BCUT2D eigenvalue weighted by atomic mass is 10.0. The predicted molar refractivity (Wildman–Crippen MR) is 114 cm³/mol. The van der Waals surface area contributed by atoms with Gasteiger partial charge in [0.15, 0.2) is 0 Å². The molecule has 0 aliphatic carbocycles. The van der Waals surface area contributed by atoms with Crippen molar-refractivity contribution in [2.45, 2.75) is 13.5 Å². The van der Waals surface area contributed by atoms with Crippen molar-refractivity contribution in [3.05, 3.63) is 105 Å². The smallest absolute Gasteiger partial charge is 0.275 e. The van der Waals surface area contributed by atoms with Gasteiger partial charge in [-0.2, -0.15) is 0 Å². The molecule has 3 heterocycles. The van der Waals surface area contributed by atoms with Gasteiger partial charge in [0.1, 0.15) is 23.0 Å². The summed E-state index contributed by atoms with van der Waals surface area (Å²) in [5.74, 6) is -4.70. The Kier molecular flexibility index (Phi) is 4.51. The van der Waals surface area contributed by atoms with Gasteiger partial charge in [-0.25, -0.2) is 13.2 Å². The third kappa shape index (κ3) is 3.20. The Morgan fingerprint density at radius 1 is 1.03 bits per heavy atom. The van der Waals surface area contributed by atoms with Crippen LogP contribution in [0.4, 0.5) is 13.2 Å². The monoisotopic (exact) mass is 435 g/mol. The Morgan fingerprint density at radius 3 is 2.53 bits per heavy atom. The van der Waals surface area contributed by atoms with Crippen molar-refractivity contribution < 1.29 is 18.0 Å². The molecule has 3 aromatic heterocycles. The predicted octanol–water partition coefficient (Wildman–Crippen LogP) is 4.82. The molecule has 2 N–H and O–H groups in total. The number of hydrogen-bond donors (Lipinski definition) is 2. The SMILES string of the molecule is Cc1ccc2[nH]c(Cn3ccc4c(C(=O)c5c(F)cc(F)cc5F)c[nH]c4c3=O)cc2c1. The molecule has 0 bridgehead atoms. The number of aromatic nitrogens is 3. The minimum atomic E-state index is -1.30. The second-order valence-electron chi connectivity index (χ2n) is 7.70. The molecule has 2 aromatic carbocycles. The first-order chi connectivity index (χ1) is 15.3. The van der Waals surface area contributed by atoms with Crippen LogP contribution in [0.5, 0.6) is 0 Å². The molecule has 5 rings (SSSR count). The van der Waals surface area contributed by atoms with Gasteiger partial charge in [0.2, 0.25) is 5.78 Å². The molecule has 0 aliphatic heterocycles. The van der Waals surface area contributed by atoms with Crippen LogP contribution in [0.25, 0.3) is 21.8 Å². The van der Waals surface area contributed by atoms with E-state index in [4.69, 9.17) is 0 Å². The summed E-state index contributed by atoms with van der Waals surface area (Å²) >= 11 is 0. The second kappa shape index (κ2) is 7.26. The number of carbonyl (C=O) groups is 1. The Labute approximate surface area is 179 Å². The maximum atomic E-state index is 14.1. The molecule has 5 nitrogen and oxygen atoms in total. The number of H-pyrrole nitrogens is 2. The maximum absolute atomic E-state index is 14.1. The fraction of sp³-hybridized carbons (Fsp3) is 0.0833. The highest BCUT2D eigenvalue weighted by Gasteiger charge is 2.23. The molecule has 0 aliphatic rings. The lowest BCUT2D eigenvalue weighted by Gasteiger charge is -2.06. The van der Waals surface area contributed by atoms with Crippen molar-refractivity contribution in [3.63, 3.8) is 0 Å². The molecule has 160 valence electrons. The topological polar surface area (TPSA) is 70.7 Å². The van der Waals surface area contributed by atoms with E-state index < -0.39 is 34.4 Å². The van der Waals surface area contributed by atoms with E-state index in [1.54, 1.807) is 0 Å². The number of benzene rings is 2. The molecule has 0 saturated carbocycles. The molecule has 0 fully saturated rings. The number of fused-ring (bicyclic) bond motifs is 2. The zero-order chi connectivity index (χ0) is 22.6. The summed E-state index contributed by atoms with van der Waals surface area (Å²) in [6, 6.07) is 10.4. The number of aryl methyl sites for hydroxylation is 1. The van der Waals surface area contributed by atoms with Gasteiger partial charge in [0.25, 0.3) is 5.56 Å². The van der Waals surface area contributed by atoms with E-state index in [2.05, 4.69) is 9.97 Å². The number of nitrogens with one attached hydrogen (secondary N) is 2. The van der Waals surface area contributed by atoms with Gasteiger partial charge < -0.3 is 14.5 Å². The molecule has 0 spiro atoms. The fourth-order valence-electron chi connectivity index (χ4n) is 3.95. The molecule has 0 unspecified atom stereocenters. The van der Waals surface area contributed by atoms with Gasteiger partial charge in [0, 0.05) is 46.7 Å². The van der Waals surface area contributed by atoms with Crippen molar-refractivity contribution in [2.24, 2.45) is 0 Å². The van der Waals surface area contributed by atoms with E-state index in [-0.39, 0.29) is 23.0 Å². The Hall–Kier alpha value is -4.07. The van der Waals surface area contributed by atoms with Gasteiger partial charge in [0.05, 0.1) is 12.1 Å². The first-order valence-electron chi connectivity index (χ1n) is 9.80. The summed E-state index contributed by atoms with van der Waals surface area (Å²) < 4.78 is 42.8. The van der Waals surface area contributed by atoms with E-state index in [1.165, 1.54) is 23.0 Å². The standard InChI is InChI=1S/C24H16F3N3O2/c1-12-2-3-20-13(6-12)7-15(29-20)11-30-5-4-16-17(10-28-22(16)24(30)32)23(31)21-18(26)8-14(25)9-19(21)27/h2-10,28-29H,11H2,1H3. The lowest BCUT2D eigenvalue weighted by molar-refractivity contribution is 0.103. The number of hydrogen-bond acceptors (Lipinski definition) is 2. The summed E-state index contributed by atoms with van der Waals surface area (Å²) in [7, 11) is 0. The van der Waals surface area contributed by atoms with Crippen LogP contribution >= 0.6 is 0 Å². The molecular formula is C24H16F3N3O2. The van der Waals surface area contributed by atoms with Crippen LogP contribution in [0.15, 0.2) is 59.7 Å². The van der Waals surface area contributed by atoms with Crippen molar-refractivity contribution >= 4 is 27.6 Å². The molecular weight excluding hydrogens is 419 g/mol. The van der Waals surface area contributed by atoms with Crippen molar-refractivity contribution in [2.75, 3.05) is 0 Å². The van der Waals surface area contributed by atoms with E-state index in [0.717, 1.165) is 22.2 Å². The third-order valence-corrected chi connectivity index (χ3v) is 5.47. The summed E-state index contributed by atoms with van der Waals surface area (Å²) in [5, 5.41) is 1.26. The zero-order valence-electron chi connectivity index (χ0n) is 16.8. The first-order valence-corrected chi connectivity index (χ1v) is 9.80. The van der Waals surface area contributed by atoms with Crippen LogP contribution in [0, 0.1) is 24.4 Å². The Bertz CT molecular complexity index is 1570. The van der Waals surface area contributed by atoms with Gasteiger partial charge in [-0.3, -0.25) is 9.59 Å². The molecule has 5 aromatic rings. The van der Waals surface area contributed by atoms with Crippen molar-refractivity contribution in [1.29, 1.82) is 0 Å². The number of rotatable bonds is 4. The molecule has 0 atom stereocenters. The first kappa shape index (κ1) is 19.9. The average Bonchev–Trinajstić information content (AvgIpc) is 3.33. The Balaban J connectivity index is 1.53. The lowest BCUT2D eigenvalue weighted by Crippen LogP contribution is -2.20. The number of aromatic amines is 2. The van der Waals surface area contributed by atoms with Gasteiger partial charge in [-0.15, -0.1) is 0 Å². The van der Waals surface area contributed by atoms with Gasteiger partial charge in [-0.05, 0) is 36.6 Å². The summed E-state index contributed by atoms with van der Waals surface area (Å²) in [5.41, 5.74) is 1.70. The quantitative estimate of drug-likeness (QED) is 0.398. The number of halogens is 3. The highest BCUT2D eigenvalue weighted by molar-refractivity contribution is 6.16. The Morgan fingerprint density at radius 2 is 1.78 bits per heavy atom. The van der Waals surface area contributed by atoms with E-state index in [9.17, 15) is 22.8 Å². The largest absolute Gasteiger partial charge is 0.357 e. The molecule has 8 heteroatoms. The maximum Gasteiger partial charge on any atom is 0.275 e.